The molecular formula is C13H22N4O6S. The molecule has 1 rings (SSSR count). The number of amides is 3. The first-order valence-electron chi connectivity index (χ1n) is 7.40. The predicted molar refractivity (Wildman–Crippen MR) is 86.2 cm³/mol. The van der Waals surface area contributed by atoms with Crippen molar-refractivity contribution in [3.63, 3.8) is 0 Å². The largest absolute Gasteiger partial charge is 0.480 e. The number of nitrogens with zero attached hydrogens (tertiary/aromatic N) is 1. The molecule has 0 radical (unpaired) electrons. The second kappa shape index (κ2) is 9.45. The molecule has 24 heavy (non-hydrogen) atoms. The monoisotopic (exact) mass is 362 g/mol. The number of aliphatic carboxylic acids is 1. The molecule has 0 aromatic rings. The van der Waals surface area contributed by atoms with Gasteiger partial charge in [0.1, 0.15) is 18.1 Å². The fourth-order valence-electron chi connectivity index (χ4n) is 2.37. The Labute approximate surface area is 144 Å². The van der Waals surface area contributed by atoms with Crippen molar-refractivity contribution >= 4 is 36.3 Å². The van der Waals surface area contributed by atoms with Crippen LogP contribution >= 0.6 is 12.6 Å². The van der Waals surface area contributed by atoms with Gasteiger partial charge in [-0.15, -0.1) is 0 Å². The molecular weight excluding hydrogens is 340 g/mol. The summed E-state index contributed by atoms with van der Waals surface area (Å²) in [4.78, 5) is 48.2. The Bertz CT molecular complexity index is 503. The highest BCUT2D eigenvalue weighted by Gasteiger charge is 2.35. The maximum Gasteiger partial charge on any atom is 0.328 e. The zero-order valence-corrected chi connectivity index (χ0v) is 13.9. The van der Waals surface area contributed by atoms with Gasteiger partial charge in [0.15, 0.2) is 0 Å². The van der Waals surface area contributed by atoms with Crippen molar-refractivity contribution in [3.8, 4) is 0 Å². The Hall–Kier alpha value is -1.85. The predicted octanol–water partition coefficient (Wildman–Crippen LogP) is -3.09. The van der Waals surface area contributed by atoms with Gasteiger partial charge in [0.05, 0.1) is 13.2 Å². The molecule has 0 bridgehead atoms. The quantitative estimate of drug-likeness (QED) is 0.249. The molecule has 11 heteroatoms. The molecule has 136 valence electrons. The minimum absolute atomic E-state index is 0.0765. The van der Waals surface area contributed by atoms with Crippen LogP contribution in [0.5, 0.6) is 0 Å². The zero-order chi connectivity index (χ0) is 18.3. The van der Waals surface area contributed by atoms with Gasteiger partial charge in [-0.1, -0.05) is 0 Å². The highest BCUT2D eigenvalue weighted by molar-refractivity contribution is 7.80. The fourth-order valence-corrected chi connectivity index (χ4v) is 2.63. The van der Waals surface area contributed by atoms with Gasteiger partial charge in [-0.25, -0.2) is 4.79 Å². The third kappa shape index (κ3) is 5.08. The van der Waals surface area contributed by atoms with Crippen molar-refractivity contribution in [1.29, 1.82) is 0 Å². The fraction of sp³-hybridized carbons (Fsp3) is 0.692. The molecule has 1 heterocycles. The van der Waals surface area contributed by atoms with Crippen molar-refractivity contribution in [3.05, 3.63) is 0 Å². The van der Waals surface area contributed by atoms with Gasteiger partial charge in [-0.05, 0) is 12.8 Å². The van der Waals surface area contributed by atoms with Crippen LogP contribution in [-0.2, 0) is 19.2 Å². The summed E-state index contributed by atoms with van der Waals surface area (Å²) in [6, 6.07) is -3.28. The van der Waals surface area contributed by atoms with E-state index in [-0.39, 0.29) is 18.2 Å². The lowest BCUT2D eigenvalue weighted by atomic mass is 10.1. The van der Waals surface area contributed by atoms with E-state index in [9.17, 15) is 19.2 Å². The zero-order valence-electron chi connectivity index (χ0n) is 13.0. The first-order chi connectivity index (χ1) is 11.3. The van der Waals surface area contributed by atoms with Crippen molar-refractivity contribution in [2.45, 2.75) is 31.0 Å². The van der Waals surface area contributed by atoms with E-state index in [0.29, 0.717) is 19.4 Å². The SMILES string of the molecule is NCC(=O)N1CCCC1C(=O)NC(CS)C(=O)NC(CO)C(=O)O. The molecule has 3 atom stereocenters. The minimum Gasteiger partial charge on any atom is -0.480 e. The van der Waals surface area contributed by atoms with Crippen LogP contribution in [0.1, 0.15) is 12.8 Å². The van der Waals surface area contributed by atoms with Gasteiger partial charge >= 0.3 is 5.97 Å². The number of hydrogen-bond donors (Lipinski definition) is 6. The van der Waals surface area contributed by atoms with Crippen LogP contribution in [0.2, 0.25) is 0 Å². The summed E-state index contributed by atoms with van der Waals surface area (Å²) in [6.07, 6.45) is 1.10. The molecule has 0 aromatic carbocycles. The summed E-state index contributed by atoms with van der Waals surface area (Å²) in [7, 11) is 0. The van der Waals surface area contributed by atoms with Crippen LogP contribution in [0.3, 0.4) is 0 Å². The van der Waals surface area contributed by atoms with Crippen LogP contribution in [0, 0.1) is 0 Å². The highest BCUT2D eigenvalue weighted by Crippen LogP contribution is 2.17. The van der Waals surface area contributed by atoms with E-state index in [4.69, 9.17) is 15.9 Å². The molecule has 3 amide bonds. The second-order valence-corrected chi connectivity index (χ2v) is 5.64. The number of aliphatic hydroxyl groups is 1. The van der Waals surface area contributed by atoms with Crippen LogP contribution < -0.4 is 16.4 Å². The van der Waals surface area contributed by atoms with Crippen LogP contribution in [0.4, 0.5) is 0 Å². The lowest BCUT2D eigenvalue weighted by Gasteiger charge is -2.26. The molecule has 1 aliphatic rings. The Morgan fingerprint density at radius 3 is 2.42 bits per heavy atom. The van der Waals surface area contributed by atoms with E-state index in [1.54, 1.807) is 0 Å². The third-order valence-corrected chi connectivity index (χ3v) is 4.03. The molecule has 3 unspecified atom stereocenters. The topological polar surface area (TPSA) is 162 Å². The van der Waals surface area contributed by atoms with Gasteiger partial charge in [-0.3, -0.25) is 14.4 Å². The van der Waals surface area contributed by atoms with Crippen molar-refractivity contribution in [1.82, 2.24) is 15.5 Å². The summed E-state index contributed by atoms with van der Waals surface area (Å²) in [5.41, 5.74) is 5.31. The van der Waals surface area contributed by atoms with Gasteiger partial charge in [0, 0.05) is 12.3 Å². The highest BCUT2D eigenvalue weighted by atomic mass is 32.1. The van der Waals surface area contributed by atoms with Gasteiger partial charge in [0.25, 0.3) is 0 Å². The lowest BCUT2D eigenvalue weighted by molar-refractivity contribution is -0.143. The van der Waals surface area contributed by atoms with E-state index < -0.39 is 42.5 Å². The lowest BCUT2D eigenvalue weighted by Crippen LogP contribution is -2.56. The summed E-state index contributed by atoms with van der Waals surface area (Å²) >= 11 is 3.97. The molecule has 0 spiro atoms. The number of carboxylic acid groups (broad SMARTS) is 1. The van der Waals surface area contributed by atoms with E-state index in [2.05, 4.69) is 23.3 Å². The smallest absolute Gasteiger partial charge is 0.328 e. The van der Waals surface area contributed by atoms with Gasteiger partial charge in [0.2, 0.25) is 17.7 Å². The number of carbonyl (C=O) groups excluding carboxylic acids is 3. The number of carboxylic acids is 1. The number of nitrogens with two attached hydrogens (primary N) is 1. The number of thiol groups is 1. The Morgan fingerprint density at radius 1 is 1.25 bits per heavy atom. The maximum atomic E-state index is 12.3. The molecule has 0 aliphatic carbocycles. The average Bonchev–Trinajstić information content (AvgIpc) is 3.05. The summed E-state index contributed by atoms with van der Waals surface area (Å²) in [6.45, 7) is -0.579. The van der Waals surface area contributed by atoms with E-state index >= 15 is 0 Å². The Balaban J connectivity index is 2.70. The van der Waals surface area contributed by atoms with Crippen molar-refractivity contribution < 1.29 is 29.4 Å². The summed E-state index contributed by atoms with van der Waals surface area (Å²) in [5, 5.41) is 22.3. The number of carbonyl (C=O) groups is 4. The van der Waals surface area contributed by atoms with Crippen molar-refractivity contribution in [2.75, 3.05) is 25.4 Å². The Kier molecular flexibility index (Phi) is 7.95. The molecule has 6 N–H and O–H groups in total. The van der Waals surface area contributed by atoms with Gasteiger partial charge < -0.3 is 31.5 Å². The molecule has 0 saturated carbocycles. The van der Waals surface area contributed by atoms with Crippen LogP contribution in [0.15, 0.2) is 0 Å². The third-order valence-electron chi connectivity index (χ3n) is 3.66. The number of nitrogens with one attached hydrogen (secondary N) is 2. The molecule has 1 saturated heterocycles. The van der Waals surface area contributed by atoms with Crippen molar-refractivity contribution in [2.24, 2.45) is 5.73 Å². The molecule has 1 aliphatic heterocycles. The molecule has 0 aromatic heterocycles. The summed E-state index contributed by atoms with van der Waals surface area (Å²) < 4.78 is 0. The van der Waals surface area contributed by atoms with E-state index in [0.717, 1.165) is 0 Å². The maximum absolute atomic E-state index is 12.3. The van der Waals surface area contributed by atoms with Gasteiger partial charge in [-0.2, -0.15) is 12.6 Å². The van der Waals surface area contributed by atoms with E-state index in [1.165, 1.54) is 4.90 Å². The standard InChI is InChI=1S/C13H22N4O6S/c14-4-10(19)17-3-1-2-9(17)12(21)16-8(6-24)11(20)15-7(5-18)13(22)23/h7-9,18,24H,1-6,14H2,(H,15,20)(H,16,21)(H,22,23). The first kappa shape index (κ1) is 20.2. The van der Waals surface area contributed by atoms with Crippen LogP contribution in [-0.4, -0.2) is 82.4 Å². The number of hydrogen-bond acceptors (Lipinski definition) is 7. The second-order valence-electron chi connectivity index (χ2n) is 5.28. The average molecular weight is 362 g/mol. The minimum atomic E-state index is -1.47. The molecule has 10 nitrogen and oxygen atoms in total. The number of rotatable bonds is 8. The molecule has 1 fully saturated rings. The van der Waals surface area contributed by atoms with E-state index in [1.807, 2.05) is 0 Å². The van der Waals surface area contributed by atoms with Crippen LogP contribution in [0.25, 0.3) is 0 Å². The number of likely N-dealkylation sites (tertiary alicyclic amines) is 1. The number of aliphatic hydroxyl groups excluding tert-OH is 1. The summed E-state index contributed by atoms with van der Waals surface area (Å²) in [5.74, 6) is -3.14. The normalized spacial score (nSPS) is 19.5. The first-order valence-corrected chi connectivity index (χ1v) is 8.03. The Morgan fingerprint density at radius 2 is 1.92 bits per heavy atom.